The molecular formula is C21H16N2O2. The Morgan fingerprint density at radius 1 is 0.880 bits per heavy atom. The minimum Gasteiger partial charge on any atom is -0.488 e. The summed E-state index contributed by atoms with van der Waals surface area (Å²) in [6.07, 6.45) is 0. The van der Waals surface area contributed by atoms with Crippen molar-refractivity contribution in [2.24, 2.45) is 0 Å². The van der Waals surface area contributed by atoms with Crippen molar-refractivity contribution in [2.75, 3.05) is 0 Å². The first-order valence-electron chi connectivity index (χ1n) is 8.06. The lowest BCUT2D eigenvalue weighted by molar-refractivity contribution is 0.102. The molecule has 1 N–H and O–H groups in total. The minimum absolute atomic E-state index is 0.181. The van der Waals surface area contributed by atoms with E-state index in [4.69, 9.17) is 4.74 Å². The monoisotopic (exact) mass is 328 g/mol. The van der Waals surface area contributed by atoms with Crippen molar-refractivity contribution in [3.8, 4) is 5.75 Å². The standard InChI is InChI=1S/C21H16N2O2/c24-20(21-22-17-11-5-6-12-18(17)23-21)16-10-4-7-13-19(16)25-14-15-8-2-1-3-9-15/h1-13H,14H2,(H,22,23). The van der Waals surface area contributed by atoms with E-state index in [1.807, 2.05) is 66.7 Å². The zero-order chi connectivity index (χ0) is 17.1. The third-order valence-corrected chi connectivity index (χ3v) is 3.97. The van der Waals surface area contributed by atoms with Crippen LogP contribution >= 0.6 is 0 Å². The number of rotatable bonds is 5. The van der Waals surface area contributed by atoms with Gasteiger partial charge in [0.05, 0.1) is 16.6 Å². The number of imidazole rings is 1. The lowest BCUT2D eigenvalue weighted by Crippen LogP contribution is -2.07. The van der Waals surface area contributed by atoms with E-state index < -0.39 is 0 Å². The number of hydrogen-bond donors (Lipinski definition) is 1. The Labute approximate surface area is 145 Å². The molecule has 0 radical (unpaired) electrons. The van der Waals surface area contributed by atoms with E-state index in [1.165, 1.54) is 0 Å². The number of aromatic nitrogens is 2. The highest BCUT2D eigenvalue weighted by atomic mass is 16.5. The molecule has 1 aromatic heterocycles. The molecule has 0 bridgehead atoms. The molecule has 4 aromatic rings. The first kappa shape index (κ1) is 15.1. The van der Waals surface area contributed by atoms with E-state index in [9.17, 15) is 4.79 Å². The molecule has 0 saturated heterocycles. The van der Waals surface area contributed by atoms with Gasteiger partial charge in [0.15, 0.2) is 5.82 Å². The van der Waals surface area contributed by atoms with Crippen molar-refractivity contribution >= 4 is 16.8 Å². The fourth-order valence-corrected chi connectivity index (χ4v) is 2.70. The average molecular weight is 328 g/mol. The fraction of sp³-hybridized carbons (Fsp3) is 0.0476. The van der Waals surface area contributed by atoms with Crippen molar-refractivity contribution in [1.82, 2.24) is 9.97 Å². The van der Waals surface area contributed by atoms with Crippen molar-refractivity contribution in [3.05, 3.63) is 95.8 Å². The van der Waals surface area contributed by atoms with Crippen LogP contribution in [0.25, 0.3) is 11.0 Å². The molecule has 4 rings (SSSR count). The summed E-state index contributed by atoms with van der Waals surface area (Å²) in [7, 11) is 0. The molecule has 0 aliphatic rings. The van der Waals surface area contributed by atoms with E-state index >= 15 is 0 Å². The van der Waals surface area contributed by atoms with Gasteiger partial charge in [0.25, 0.3) is 0 Å². The lowest BCUT2D eigenvalue weighted by atomic mass is 10.1. The van der Waals surface area contributed by atoms with Gasteiger partial charge in [0, 0.05) is 0 Å². The van der Waals surface area contributed by atoms with Crippen molar-refractivity contribution in [1.29, 1.82) is 0 Å². The Morgan fingerprint density at radius 2 is 1.60 bits per heavy atom. The van der Waals surface area contributed by atoms with Crippen LogP contribution in [0.2, 0.25) is 0 Å². The molecule has 0 saturated carbocycles. The zero-order valence-electron chi connectivity index (χ0n) is 13.5. The van der Waals surface area contributed by atoms with Crippen molar-refractivity contribution in [3.63, 3.8) is 0 Å². The molecule has 3 aromatic carbocycles. The minimum atomic E-state index is -0.181. The summed E-state index contributed by atoms with van der Waals surface area (Å²) in [5, 5.41) is 0. The first-order valence-corrected chi connectivity index (χ1v) is 8.06. The topological polar surface area (TPSA) is 55.0 Å². The summed E-state index contributed by atoms with van der Waals surface area (Å²) in [6, 6.07) is 24.7. The molecular weight excluding hydrogens is 312 g/mol. The van der Waals surface area contributed by atoms with Crippen LogP contribution in [-0.2, 0) is 6.61 Å². The van der Waals surface area contributed by atoms with Gasteiger partial charge < -0.3 is 9.72 Å². The number of hydrogen-bond acceptors (Lipinski definition) is 3. The summed E-state index contributed by atoms with van der Waals surface area (Å²) < 4.78 is 5.88. The highest BCUT2D eigenvalue weighted by molar-refractivity contribution is 6.09. The molecule has 0 unspecified atom stereocenters. The average Bonchev–Trinajstić information content (AvgIpc) is 3.11. The van der Waals surface area contributed by atoms with Crippen LogP contribution in [0.3, 0.4) is 0 Å². The highest BCUT2D eigenvalue weighted by Gasteiger charge is 2.18. The highest BCUT2D eigenvalue weighted by Crippen LogP contribution is 2.23. The summed E-state index contributed by atoms with van der Waals surface area (Å²) in [4.78, 5) is 20.3. The second kappa shape index (κ2) is 6.61. The molecule has 0 aliphatic carbocycles. The van der Waals surface area contributed by atoms with Crippen LogP contribution in [0.15, 0.2) is 78.9 Å². The van der Waals surface area contributed by atoms with Gasteiger partial charge in [-0.15, -0.1) is 0 Å². The number of aromatic amines is 1. The number of carbonyl (C=O) groups excluding carboxylic acids is 1. The first-order chi connectivity index (χ1) is 12.3. The zero-order valence-corrected chi connectivity index (χ0v) is 13.5. The van der Waals surface area contributed by atoms with Crippen molar-refractivity contribution < 1.29 is 9.53 Å². The van der Waals surface area contributed by atoms with Gasteiger partial charge in [-0.2, -0.15) is 0 Å². The number of benzene rings is 3. The van der Waals surface area contributed by atoms with Gasteiger partial charge in [-0.1, -0.05) is 54.6 Å². The number of H-pyrrole nitrogens is 1. The smallest absolute Gasteiger partial charge is 0.231 e. The Hall–Kier alpha value is -3.40. The molecule has 4 nitrogen and oxygen atoms in total. The van der Waals surface area contributed by atoms with Gasteiger partial charge in [-0.05, 0) is 29.8 Å². The van der Waals surface area contributed by atoms with Gasteiger partial charge in [0.2, 0.25) is 5.78 Å². The number of para-hydroxylation sites is 3. The van der Waals surface area contributed by atoms with E-state index in [0.717, 1.165) is 16.6 Å². The van der Waals surface area contributed by atoms with Crippen LogP contribution in [0, 0.1) is 0 Å². The quantitative estimate of drug-likeness (QED) is 0.553. The molecule has 0 fully saturated rings. The number of ether oxygens (including phenoxy) is 1. The normalized spacial score (nSPS) is 10.7. The summed E-state index contributed by atoms with van der Waals surface area (Å²) in [5.74, 6) is 0.689. The molecule has 122 valence electrons. The number of nitrogens with zero attached hydrogens (tertiary/aromatic N) is 1. The third kappa shape index (κ3) is 3.15. The van der Waals surface area contributed by atoms with Crippen LogP contribution < -0.4 is 4.74 Å². The molecule has 0 atom stereocenters. The number of fused-ring (bicyclic) bond motifs is 1. The van der Waals surface area contributed by atoms with E-state index in [-0.39, 0.29) is 5.78 Å². The van der Waals surface area contributed by atoms with Crippen LogP contribution in [0.1, 0.15) is 21.7 Å². The maximum Gasteiger partial charge on any atom is 0.231 e. The van der Waals surface area contributed by atoms with Crippen LogP contribution in [0.5, 0.6) is 5.75 Å². The molecule has 0 spiro atoms. The maximum atomic E-state index is 12.9. The predicted molar refractivity (Wildman–Crippen MR) is 96.7 cm³/mol. The van der Waals surface area contributed by atoms with Gasteiger partial charge in [0.1, 0.15) is 12.4 Å². The number of nitrogens with one attached hydrogen (secondary N) is 1. The Bertz CT molecular complexity index is 989. The van der Waals surface area contributed by atoms with E-state index in [1.54, 1.807) is 12.1 Å². The number of carbonyl (C=O) groups is 1. The molecule has 0 aliphatic heterocycles. The van der Waals surface area contributed by atoms with Gasteiger partial charge >= 0.3 is 0 Å². The third-order valence-electron chi connectivity index (χ3n) is 3.97. The number of ketones is 1. The largest absolute Gasteiger partial charge is 0.488 e. The summed E-state index contributed by atoms with van der Waals surface area (Å²) >= 11 is 0. The molecule has 25 heavy (non-hydrogen) atoms. The molecule has 0 amide bonds. The Morgan fingerprint density at radius 3 is 2.44 bits per heavy atom. The summed E-state index contributed by atoms with van der Waals surface area (Å²) in [6.45, 7) is 0.408. The Balaban J connectivity index is 1.62. The van der Waals surface area contributed by atoms with Gasteiger partial charge in [-0.25, -0.2) is 4.98 Å². The van der Waals surface area contributed by atoms with Gasteiger partial charge in [-0.3, -0.25) is 4.79 Å². The Kier molecular flexibility index (Phi) is 4.01. The molecule has 4 heteroatoms. The van der Waals surface area contributed by atoms with Crippen LogP contribution in [0.4, 0.5) is 0 Å². The predicted octanol–water partition coefficient (Wildman–Crippen LogP) is 4.37. The summed E-state index contributed by atoms with van der Waals surface area (Å²) in [5.41, 5.74) is 3.16. The van der Waals surface area contributed by atoms with Crippen LogP contribution in [-0.4, -0.2) is 15.8 Å². The molecule has 1 heterocycles. The fourth-order valence-electron chi connectivity index (χ4n) is 2.70. The SMILES string of the molecule is O=C(c1nc2ccccc2[nH]1)c1ccccc1OCc1ccccc1. The van der Waals surface area contributed by atoms with E-state index in [0.29, 0.717) is 23.7 Å². The lowest BCUT2D eigenvalue weighted by Gasteiger charge is -2.10. The second-order valence-corrected chi connectivity index (χ2v) is 5.70. The van der Waals surface area contributed by atoms with E-state index in [2.05, 4.69) is 9.97 Å². The van der Waals surface area contributed by atoms with Crippen molar-refractivity contribution in [2.45, 2.75) is 6.61 Å². The maximum absolute atomic E-state index is 12.9. The second-order valence-electron chi connectivity index (χ2n) is 5.70.